The Labute approximate surface area is 300 Å². The number of nitrogens with zero attached hydrogens (tertiary/aromatic N) is 2. The van der Waals surface area contributed by atoms with E-state index in [1.165, 1.54) is 63.9 Å². The maximum absolute atomic E-state index is 6.80. The molecule has 2 N–H and O–H groups in total. The normalized spacial score (nSPS) is 14.4. The van der Waals surface area contributed by atoms with E-state index in [4.69, 9.17) is 15.7 Å². The molecule has 1 aliphatic carbocycles. The monoisotopic (exact) mass is 659 g/mol. The Morgan fingerprint density at radius 1 is 0.549 bits per heavy atom. The lowest BCUT2D eigenvalue weighted by Crippen LogP contribution is -2.15. The third-order valence-electron chi connectivity index (χ3n) is 10.1. The van der Waals surface area contributed by atoms with Crippen LogP contribution in [0.4, 0.5) is 0 Å². The highest BCUT2D eigenvalue weighted by Gasteiger charge is 2.15. The molecule has 0 aromatic heterocycles. The van der Waals surface area contributed by atoms with Crippen molar-refractivity contribution < 1.29 is 0 Å². The van der Waals surface area contributed by atoms with E-state index < -0.39 is 6.17 Å². The largest absolute Gasteiger partial charge is 0.383 e. The van der Waals surface area contributed by atoms with E-state index in [0.717, 1.165) is 39.1 Å². The molecule has 1 aliphatic rings. The number of hydrogen-bond acceptors (Lipinski definition) is 2. The van der Waals surface area contributed by atoms with Crippen molar-refractivity contribution in [3.05, 3.63) is 186 Å². The van der Waals surface area contributed by atoms with E-state index >= 15 is 0 Å². The third-order valence-corrected chi connectivity index (χ3v) is 10.1. The molecule has 1 atom stereocenters. The Balaban J connectivity index is 1.14. The molecule has 8 rings (SSSR count). The van der Waals surface area contributed by atoms with Crippen molar-refractivity contribution in [3.8, 4) is 22.3 Å². The number of aliphatic imine (C=N–C) groups is 2. The van der Waals surface area contributed by atoms with Crippen LogP contribution in [0.2, 0.25) is 0 Å². The van der Waals surface area contributed by atoms with Crippen LogP contribution in [0.1, 0.15) is 61.0 Å². The first-order valence-electron chi connectivity index (χ1n) is 17.9. The van der Waals surface area contributed by atoms with Crippen molar-refractivity contribution in [1.29, 1.82) is 0 Å². The third kappa shape index (κ3) is 7.02. The lowest BCUT2D eigenvalue weighted by Gasteiger charge is -2.15. The fourth-order valence-electron chi connectivity index (χ4n) is 7.22. The van der Waals surface area contributed by atoms with Gasteiger partial charge in [-0.15, -0.1) is 0 Å². The molecular formula is C48H41N3. The molecule has 3 nitrogen and oxygen atoms in total. The van der Waals surface area contributed by atoms with E-state index in [2.05, 4.69) is 165 Å². The van der Waals surface area contributed by atoms with E-state index in [0.29, 0.717) is 5.84 Å². The standard InChI is InChI=1S/C48H41N3/c1-33(39-26-27-43-31-41(28-29-42(43)30-39)35-14-6-3-7-15-35)50-48(44-19-10-18-40(32-44)34-12-4-2-5-13-34)51-47(49)38-24-22-37(23-25-38)46-21-11-17-36-16-8-9-20-45(36)46/h2,4-5,8-14,16-32,48H,3,6-7,15H2,1H3,(H2,49,51). The molecule has 248 valence electrons. The van der Waals surface area contributed by atoms with Crippen LogP contribution in [0.15, 0.2) is 174 Å². The van der Waals surface area contributed by atoms with E-state index in [1.807, 2.05) is 6.07 Å². The quantitative estimate of drug-likeness (QED) is 0.128. The van der Waals surface area contributed by atoms with E-state index in [9.17, 15) is 0 Å². The lowest BCUT2D eigenvalue weighted by atomic mass is 9.92. The summed E-state index contributed by atoms with van der Waals surface area (Å²) in [6, 6.07) is 55.7. The summed E-state index contributed by atoms with van der Waals surface area (Å²) in [5, 5.41) is 4.91. The summed E-state index contributed by atoms with van der Waals surface area (Å²) >= 11 is 0. The van der Waals surface area contributed by atoms with Crippen LogP contribution in [-0.4, -0.2) is 11.5 Å². The summed E-state index contributed by atoms with van der Waals surface area (Å²) in [5.74, 6) is 0.453. The molecule has 0 radical (unpaired) electrons. The highest BCUT2D eigenvalue weighted by Crippen LogP contribution is 2.32. The molecule has 0 amide bonds. The van der Waals surface area contributed by atoms with Gasteiger partial charge < -0.3 is 5.73 Å². The predicted octanol–water partition coefficient (Wildman–Crippen LogP) is 12.2. The number of fused-ring (bicyclic) bond motifs is 2. The first-order chi connectivity index (χ1) is 25.1. The first-order valence-corrected chi connectivity index (χ1v) is 17.9. The van der Waals surface area contributed by atoms with Gasteiger partial charge in [0.15, 0.2) is 6.17 Å². The topological polar surface area (TPSA) is 50.7 Å². The summed E-state index contributed by atoms with van der Waals surface area (Å²) in [5.41, 5.74) is 18.1. The SMILES string of the molecule is CC(=NC(N=C(N)c1ccc(-c2cccc3ccccc23)cc1)c1cccc(-c2ccccc2)c1)c1ccc2cc(C3=CCCCC3)ccc2c1. The van der Waals surface area contributed by atoms with Crippen LogP contribution in [0, 0.1) is 0 Å². The fourth-order valence-corrected chi connectivity index (χ4v) is 7.22. The van der Waals surface area contributed by atoms with Gasteiger partial charge in [-0.2, -0.15) is 0 Å². The second-order valence-corrected chi connectivity index (χ2v) is 13.4. The summed E-state index contributed by atoms with van der Waals surface area (Å²) < 4.78 is 0. The molecular weight excluding hydrogens is 619 g/mol. The average molecular weight is 660 g/mol. The Morgan fingerprint density at radius 2 is 1.25 bits per heavy atom. The van der Waals surface area contributed by atoms with Gasteiger partial charge in [-0.3, -0.25) is 4.99 Å². The Morgan fingerprint density at radius 3 is 2.10 bits per heavy atom. The van der Waals surface area contributed by atoms with Crippen molar-refractivity contribution >= 4 is 38.7 Å². The summed E-state index contributed by atoms with van der Waals surface area (Å²) in [6.07, 6.45) is 6.81. The van der Waals surface area contributed by atoms with Crippen molar-refractivity contribution in [2.24, 2.45) is 15.7 Å². The zero-order valence-electron chi connectivity index (χ0n) is 29.0. The van der Waals surface area contributed by atoms with Crippen molar-refractivity contribution in [1.82, 2.24) is 0 Å². The highest BCUT2D eigenvalue weighted by atomic mass is 15.0. The van der Waals surface area contributed by atoms with Gasteiger partial charge in [0, 0.05) is 11.3 Å². The van der Waals surface area contributed by atoms with Crippen LogP contribution in [0.3, 0.4) is 0 Å². The van der Waals surface area contributed by atoms with Gasteiger partial charge in [-0.25, -0.2) is 4.99 Å². The van der Waals surface area contributed by atoms with Crippen LogP contribution in [0.25, 0.3) is 49.4 Å². The summed E-state index contributed by atoms with van der Waals surface area (Å²) in [7, 11) is 0. The number of amidine groups is 1. The minimum absolute atomic E-state index is 0.453. The molecule has 3 heteroatoms. The summed E-state index contributed by atoms with van der Waals surface area (Å²) in [4.78, 5) is 10.4. The number of nitrogens with two attached hydrogens (primary N) is 1. The van der Waals surface area contributed by atoms with Gasteiger partial charge in [0.05, 0.1) is 0 Å². The van der Waals surface area contributed by atoms with Crippen molar-refractivity contribution in [3.63, 3.8) is 0 Å². The predicted molar refractivity (Wildman–Crippen MR) is 217 cm³/mol. The zero-order chi connectivity index (χ0) is 34.6. The molecule has 51 heavy (non-hydrogen) atoms. The smallest absolute Gasteiger partial charge is 0.167 e. The number of rotatable bonds is 8. The molecule has 0 saturated heterocycles. The Kier molecular flexibility index (Phi) is 9.10. The molecule has 0 saturated carbocycles. The van der Waals surface area contributed by atoms with Crippen LogP contribution < -0.4 is 5.73 Å². The van der Waals surface area contributed by atoms with Gasteiger partial charge in [-0.05, 0) is 117 Å². The molecule has 7 aromatic carbocycles. The zero-order valence-corrected chi connectivity index (χ0v) is 29.0. The lowest BCUT2D eigenvalue weighted by molar-refractivity contribution is 0.742. The molecule has 1 unspecified atom stereocenters. The van der Waals surface area contributed by atoms with Crippen molar-refractivity contribution in [2.45, 2.75) is 38.8 Å². The average Bonchev–Trinajstić information content (AvgIpc) is 3.20. The molecule has 0 aliphatic heterocycles. The van der Waals surface area contributed by atoms with Gasteiger partial charge >= 0.3 is 0 Å². The van der Waals surface area contributed by atoms with E-state index in [-0.39, 0.29) is 0 Å². The Bertz CT molecular complexity index is 2430. The molecule has 0 heterocycles. The molecule has 0 bridgehead atoms. The molecule has 0 spiro atoms. The number of hydrogen-bond donors (Lipinski definition) is 1. The van der Waals surface area contributed by atoms with Crippen LogP contribution in [0.5, 0.6) is 0 Å². The van der Waals surface area contributed by atoms with Crippen molar-refractivity contribution in [2.75, 3.05) is 0 Å². The second kappa shape index (κ2) is 14.4. The second-order valence-electron chi connectivity index (χ2n) is 13.4. The van der Waals surface area contributed by atoms with Gasteiger partial charge in [0.1, 0.15) is 5.84 Å². The van der Waals surface area contributed by atoms with Gasteiger partial charge in [0.25, 0.3) is 0 Å². The first kappa shape index (κ1) is 32.2. The molecule has 0 fully saturated rings. The molecule has 7 aromatic rings. The number of benzene rings is 7. The maximum atomic E-state index is 6.80. The van der Waals surface area contributed by atoms with E-state index in [1.54, 1.807) is 0 Å². The minimum Gasteiger partial charge on any atom is -0.383 e. The minimum atomic E-state index is -0.525. The van der Waals surface area contributed by atoms with Gasteiger partial charge in [0.2, 0.25) is 0 Å². The van der Waals surface area contributed by atoms with Crippen LogP contribution in [-0.2, 0) is 0 Å². The highest BCUT2D eigenvalue weighted by molar-refractivity contribution is 6.03. The van der Waals surface area contributed by atoms with Gasteiger partial charge in [-0.1, -0.05) is 146 Å². The Hall–Kier alpha value is -6.06. The fraction of sp³-hybridized carbons (Fsp3) is 0.125. The summed E-state index contributed by atoms with van der Waals surface area (Å²) in [6.45, 7) is 2.07. The van der Waals surface area contributed by atoms with Crippen LogP contribution >= 0.6 is 0 Å². The maximum Gasteiger partial charge on any atom is 0.167 e. The number of allylic oxidation sites excluding steroid dienone is 2.